The maximum absolute atomic E-state index is 12.9. The highest BCUT2D eigenvalue weighted by Gasteiger charge is 2.55. The first kappa shape index (κ1) is 18.9. The first-order valence-electron chi connectivity index (χ1n) is 9.00. The van der Waals surface area contributed by atoms with Gasteiger partial charge in [-0.15, -0.1) is 0 Å². The fourth-order valence-corrected chi connectivity index (χ4v) is 3.79. The molecule has 2 fully saturated rings. The number of rotatable bonds is 4. The number of carbonyl (C=O) groups is 4. The van der Waals surface area contributed by atoms with Crippen LogP contribution in [0.25, 0.3) is 0 Å². The van der Waals surface area contributed by atoms with Gasteiger partial charge in [0.15, 0.2) is 0 Å². The Kier molecular flexibility index (Phi) is 5.16. The molecule has 4 amide bonds. The van der Waals surface area contributed by atoms with Crippen LogP contribution in [0, 0.1) is 5.92 Å². The van der Waals surface area contributed by atoms with Crippen LogP contribution < -0.4 is 10.6 Å². The lowest BCUT2D eigenvalue weighted by molar-refractivity contribution is -0.136. The smallest absolute Gasteiger partial charge is 0.337 e. The van der Waals surface area contributed by atoms with Gasteiger partial charge >= 0.3 is 12.0 Å². The summed E-state index contributed by atoms with van der Waals surface area (Å²) in [5.74, 6) is -1.23. The molecule has 3 rings (SSSR count). The summed E-state index contributed by atoms with van der Waals surface area (Å²) >= 11 is 0. The summed E-state index contributed by atoms with van der Waals surface area (Å²) in [7, 11) is 1.29. The van der Waals surface area contributed by atoms with Crippen molar-refractivity contribution in [3.8, 4) is 0 Å². The van der Waals surface area contributed by atoms with Crippen molar-refractivity contribution < 1.29 is 23.9 Å². The van der Waals surface area contributed by atoms with Crippen LogP contribution >= 0.6 is 0 Å². The van der Waals surface area contributed by atoms with E-state index in [0.29, 0.717) is 17.7 Å². The standard InChI is InChI=1S/C19H23N3O5/c1-12-5-3-4-10-19(12)17(25)22(18(26)21-19)11-15(23)20-14-8-6-13(7-9-14)16(24)27-2/h6-9,12H,3-5,10-11H2,1-2H3,(H,20,23)(H,21,26)/t12-,19+/m0/s1. The lowest BCUT2D eigenvalue weighted by atomic mass is 9.73. The zero-order valence-electron chi connectivity index (χ0n) is 15.4. The minimum atomic E-state index is -0.877. The molecule has 8 nitrogen and oxygen atoms in total. The first-order chi connectivity index (χ1) is 12.9. The van der Waals surface area contributed by atoms with E-state index in [-0.39, 0.29) is 18.4 Å². The number of nitrogens with one attached hydrogen (secondary N) is 2. The maximum atomic E-state index is 12.9. The lowest BCUT2D eigenvalue weighted by Gasteiger charge is -2.36. The van der Waals surface area contributed by atoms with Crippen molar-refractivity contribution in [2.45, 2.75) is 38.1 Å². The summed E-state index contributed by atoms with van der Waals surface area (Å²) in [6, 6.07) is 5.63. The van der Waals surface area contributed by atoms with E-state index in [2.05, 4.69) is 15.4 Å². The van der Waals surface area contributed by atoms with Gasteiger partial charge in [-0.1, -0.05) is 19.8 Å². The van der Waals surface area contributed by atoms with Crippen LogP contribution in [0.5, 0.6) is 0 Å². The Morgan fingerprint density at radius 2 is 1.96 bits per heavy atom. The Bertz CT molecular complexity index is 776. The second kappa shape index (κ2) is 7.38. The van der Waals surface area contributed by atoms with Gasteiger partial charge < -0.3 is 15.4 Å². The Hall–Kier alpha value is -2.90. The molecule has 1 saturated heterocycles. The Labute approximate surface area is 157 Å². The SMILES string of the molecule is COC(=O)c1ccc(NC(=O)CN2C(=O)N[C@@]3(CCCC[C@@H]3C)C2=O)cc1. The van der Waals surface area contributed by atoms with Crippen molar-refractivity contribution >= 4 is 29.5 Å². The van der Waals surface area contributed by atoms with Crippen molar-refractivity contribution in [2.24, 2.45) is 5.92 Å². The molecule has 1 aliphatic heterocycles. The molecule has 2 atom stereocenters. The minimum absolute atomic E-state index is 0.0432. The van der Waals surface area contributed by atoms with E-state index >= 15 is 0 Å². The second-order valence-corrected chi connectivity index (χ2v) is 7.06. The summed E-state index contributed by atoms with van der Waals surface area (Å²) in [6.45, 7) is 1.61. The molecule has 1 saturated carbocycles. The molecule has 2 aliphatic rings. The highest BCUT2D eigenvalue weighted by Crippen LogP contribution is 2.38. The topological polar surface area (TPSA) is 105 Å². The molecule has 1 aliphatic carbocycles. The number of amides is 4. The summed E-state index contributed by atoms with van der Waals surface area (Å²) < 4.78 is 4.62. The van der Waals surface area contributed by atoms with Gasteiger partial charge in [-0.05, 0) is 43.0 Å². The van der Waals surface area contributed by atoms with E-state index < -0.39 is 23.4 Å². The lowest BCUT2D eigenvalue weighted by Crippen LogP contribution is -2.54. The number of nitrogens with zero attached hydrogens (tertiary/aromatic N) is 1. The van der Waals surface area contributed by atoms with E-state index in [1.807, 2.05) is 6.92 Å². The van der Waals surface area contributed by atoms with Gasteiger partial charge in [0.1, 0.15) is 12.1 Å². The number of carbonyl (C=O) groups excluding carboxylic acids is 4. The number of hydrogen-bond acceptors (Lipinski definition) is 5. The molecule has 0 unspecified atom stereocenters. The predicted octanol–water partition coefficient (Wildman–Crippen LogP) is 1.91. The summed E-state index contributed by atoms with van der Waals surface area (Å²) in [6.07, 6.45) is 3.39. The Morgan fingerprint density at radius 1 is 1.26 bits per heavy atom. The Balaban J connectivity index is 1.64. The molecule has 2 N–H and O–H groups in total. The maximum Gasteiger partial charge on any atom is 0.337 e. The van der Waals surface area contributed by atoms with E-state index in [4.69, 9.17) is 0 Å². The molecule has 0 bridgehead atoms. The first-order valence-corrected chi connectivity index (χ1v) is 9.00. The molecule has 144 valence electrons. The van der Waals surface area contributed by atoms with E-state index in [1.165, 1.54) is 19.2 Å². The second-order valence-electron chi connectivity index (χ2n) is 7.06. The largest absolute Gasteiger partial charge is 0.465 e. The molecule has 27 heavy (non-hydrogen) atoms. The number of imide groups is 1. The third-order valence-electron chi connectivity index (χ3n) is 5.39. The molecule has 0 radical (unpaired) electrons. The van der Waals surface area contributed by atoms with E-state index in [9.17, 15) is 19.2 Å². The van der Waals surface area contributed by atoms with Gasteiger partial charge in [-0.2, -0.15) is 0 Å². The fourth-order valence-electron chi connectivity index (χ4n) is 3.79. The zero-order chi connectivity index (χ0) is 19.6. The summed E-state index contributed by atoms with van der Waals surface area (Å²) in [5, 5.41) is 5.45. The molecular weight excluding hydrogens is 350 g/mol. The van der Waals surface area contributed by atoms with E-state index in [0.717, 1.165) is 24.2 Å². The molecule has 1 spiro atoms. The number of hydrogen-bond donors (Lipinski definition) is 2. The molecule has 8 heteroatoms. The average Bonchev–Trinajstić information content (AvgIpc) is 2.89. The third-order valence-corrected chi connectivity index (χ3v) is 5.39. The van der Waals surface area contributed by atoms with Crippen LogP contribution in [0.15, 0.2) is 24.3 Å². The van der Waals surface area contributed by atoms with Gasteiger partial charge in [0, 0.05) is 5.69 Å². The summed E-state index contributed by atoms with van der Waals surface area (Å²) in [4.78, 5) is 49.9. The number of benzene rings is 1. The van der Waals surface area contributed by atoms with Gasteiger partial charge in [-0.3, -0.25) is 14.5 Å². The molecule has 0 aromatic heterocycles. The van der Waals surface area contributed by atoms with Gasteiger partial charge in [-0.25, -0.2) is 9.59 Å². The van der Waals surface area contributed by atoms with Crippen LogP contribution in [0.3, 0.4) is 0 Å². The van der Waals surface area contributed by atoms with Crippen LogP contribution in [0.2, 0.25) is 0 Å². The Morgan fingerprint density at radius 3 is 2.59 bits per heavy atom. The highest BCUT2D eigenvalue weighted by atomic mass is 16.5. The van der Waals surface area contributed by atoms with Crippen molar-refractivity contribution in [1.29, 1.82) is 0 Å². The molecule has 1 aromatic rings. The highest BCUT2D eigenvalue weighted by molar-refractivity contribution is 6.10. The molecule has 1 aromatic carbocycles. The van der Waals surface area contributed by atoms with Crippen LogP contribution in [0.4, 0.5) is 10.5 Å². The molecule has 1 heterocycles. The van der Waals surface area contributed by atoms with Crippen molar-refractivity contribution in [3.05, 3.63) is 29.8 Å². The average molecular weight is 373 g/mol. The summed E-state index contributed by atoms with van der Waals surface area (Å²) in [5.41, 5.74) is -0.0594. The minimum Gasteiger partial charge on any atom is -0.465 e. The number of urea groups is 1. The van der Waals surface area contributed by atoms with Crippen molar-refractivity contribution in [2.75, 3.05) is 19.0 Å². The normalized spacial score (nSPS) is 24.7. The van der Waals surface area contributed by atoms with Gasteiger partial charge in [0.25, 0.3) is 5.91 Å². The van der Waals surface area contributed by atoms with Crippen LogP contribution in [0.1, 0.15) is 43.0 Å². The zero-order valence-corrected chi connectivity index (χ0v) is 15.4. The number of anilines is 1. The fraction of sp³-hybridized carbons (Fsp3) is 0.474. The number of esters is 1. The quantitative estimate of drug-likeness (QED) is 0.620. The predicted molar refractivity (Wildman–Crippen MR) is 97.0 cm³/mol. The van der Waals surface area contributed by atoms with Crippen molar-refractivity contribution in [1.82, 2.24) is 10.2 Å². The van der Waals surface area contributed by atoms with Crippen LogP contribution in [-0.4, -0.2) is 47.9 Å². The monoisotopic (exact) mass is 373 g/mol. The molecular formula is C19H23N3O5. The van der Waals surface area contributed by atoms with E-state index in [1.54, 1.807) is 12.1 Å². The van der Waals surface area contributed by atoms with Gasteiger partial charge in [0.2, 0.25) is 5.91 Å². The van der Waals surface area contributed by atoms with Crippen molar-refractivity contribution in [3.63, 3.8) is 0 Å². The number of ether oxygens (including phenoxy) is 1. The third kappa shape index (κ3) is 3.51. The van der Waals surface area contributed by atoms with Gasteiger partial charge in [0.05, 0.1) is 12.7 Å². The number of methoxy groups -OCH3 is 1. The van der Waals surface area contributed by atoms with Crippen LogP contribution in [-0.2, 0) is 14.3 Å².